The zero-order chi connectivity index (χ0) is 30.7. The van der Waals surface area contributed by atoms with Gasteiger partial charge in [0.25, 0.3) is 0 Å². The van der Waals surface area contributed by atoms with Gasteiger partial charge in [0.2, 0.25) is 5.88 Å². The highest BCUT2D eigenvalue weighted by Crippen LogP contribution is 2.36. The van der Waals surface area contributed by atoms with E-state index in [1.807, 2.05) is 55.5 Å². The van der Waals surface area contributed by atoms with Crippen molar-refractivity contribution in [3.8, 4) is 11.6 Å². The van der Waals surface area contributed by atoms with Crippen molar-refractivity contribution in [3.63, 3.8) is 0 Å². The molecule has 0 radical (unpaired) electrons. The van der Waals surface area contributed by atoms with Crippen LogP contribution in [0.3, 0.4) is 0 Å². The SMILES string of the molecule is Cc1ccc(-n2nc(C(C)(C)C)cc2NC(=O)Nc2cccc(C(C(=O)c3cnc(O)c(Cl)c3)C3CCNCC3)c2)cc1. The topological polar surface area (TPSA) is 121 Å². The Kier molecular flexibility index (Phi) is 8.84. The highest BCUT2D eigenvalue weighted by molar-refractivity contribution is 6.32. The van der Waals surface area contributed by atoms with E-state index in [-0.39, 0.29) is 28.0 Å². The van der Waals surface area contributed by atoms with Crippen LogP contribution in [0.1, 0.15) is 66.7 Å². The molecule has 1 aliphatic rings. The molecule has 4 aromatic rings. The number of anilines is 2. The molecular formula is C33H37ClN6O3. The molecule has 1 saturated heterocycles. The Morgan fingerprint density at radius 2 is 1.77 bits per heavy atom. The number of nitrogens with zero attached hydrogens (tertiary/aromatic N) is 3. The van der Waals surface area contributed by atoms with Crippen LogP contribution in [-0.4, -0.2) is 44.8 Å². The fourth-order valence-electron chi connectivity index (χ4n) is 5.37. The minimum absolute atomic E-state index is 0.0292. The molecular weight excluding hydrogens is 564 g/mol. The van der Waals surface area contributed by atoms with E-state index in [1.165, 1.54) is 12.3 Å². The Morgan fingerprint density at radius 3 is 2.44 bits per heavy atom. The van der Waals surface area contributed by atoms with Gasteiger partial charge in [-0.1, -0.05) is 62.2 Å². The number of Topliss-reactive ketones (excluding diaryl/α,β-unsaturated/α-hetero) is 1. The van der Waals surface area contributed by atoms with E-state index in [4.69, 9.17) is 16.7 Å². The van der Waals surface area contributed by atoms with Crippen molar-refractivity contribution < 1.29 is 14.7 Å². The normalized spacial score (nSPS) is 14.7. The van der Waals surface area contributed by atoms with Crippen molar-refractivity contribution >= 4 is 34.9 Å². The van der Waals surface area contributed by atoms with Crippen molar-refractivity contribution in [2.75, 3.05) is 23.7 Å². The second-order valence-electron chi connectivity index (χ2n) is 12.1. The van der Waals surface area contributed by atoms with Crippen LogP contribution in [-0.2, 0) is 5.41 Å². The van der Waals surface area contributed by atoms with Gasteiger partial charge in [-0.05, 0) is 74.7 Å². The Bertz CT molecular complexity index is 1620. The van der Waals surface area contributed by atoms with Crippen LogP contribution in [0.15, 0.2) is 66.9 Å². The number of hydrogen-bond donors (Lipinski definition) is 4. The van der Waals surface area contributed by atoms with Crippen LogP contribution in [0.4, 0.5) is 16.3 Å². The molecule has 5 rings (SSSR count). The average Bonchev–Trinajstić information content (AvgIpc) is 3.40. The third-order valence-electron chi connectivity index (χ3n) is 7.75. The van der Waals surface area contributed by atoms with Crippen LogP contribution >= 0.6 is 11.6 Å². The smallest absolute Gasteiger partial charge is 0.324 e. The molecule has 4 N–H and O–H groups in total. The van der Waals surface area contributed by atoms with E-state index in [9.17, 15) is 14.7 Å². The number of aromatic nitrogens is 3. The van der Waals surface area contributed by atoms with E-state index in [1.54, 1.807) is 10.7 Å². The van der Waals surface area contributed by atoms with Gasteiger partial charge in [0.05, 0.1) is 17.3 Å². The minimum atomic E-state index is -0.466. The second kappa shape index (κ2) is 12.6. The van der Waals surface area contributed by atoms with E-state index in [0.717, 1.165) is 48.4 Å². The van der Waals surface area contributed by atoms with E-state index >= 15 is 0 Å². The Labute approximate surface area is 256 Å². The molecule has 2 aromatic carbocycles. The van der Waals surface area contributed by atoms with Gasteiger partial charge >= 0.3 is 6.03 Å². The molecule has 3 heterocycles. The number of carbonyl (C=O) groups excluding carboxylic acids is 2. The fourth-order valence-corrected chi connectivity index (χ4v) is 5.53. The van der Waals surface area contributed by atoms with Crippen molar-refractivity contribution in [2.24, 2.45) is 5.92 Å². The standard InChI is InChI=1S/C33H37ClN6O3/c1-20-8-10-25(11-9-20)40-28(18-27(39-40)33(2,3)4)38-32(43)37-24-7-5-6-22(16-24)29(21-12-14-35-15-13-21)30(41)23-17-26(34)31(42)36-19-23/h5-11,16-19,21,29,35H,12-15H2,1-4H3,(H,36,42)(H2,37,38,43). The number of aryl methyl sites for hydroxylation is 1. The molecule has 0 bridgehead atoms. The third-order valence-corrected chi connectivity index (χ3v) is 8.02. The number of piperidine rings is 1. The summed E-state index contributed by atoms with van der Waals surface area (Å²) in [6.45, 7) is 9.88. The lowest BCUT2D eigenvalue weighted by atomic mass is 9.76. The number of halogens is 1. The van der Waals surface area contributed by atoms with Crippen molar-refractivity contribution in [1.29, 1.82) is 0 Å². The number of urea groups is 1. The van der Waals surface area contributed by atoms with E-state index in [2.05, 4.69) is 41.7 Å². The molecule has 10 heteroatoms. The van der Waals surface area contributed by atoms with Gasteiger partial charge in [0, 0.05) is 28.9 Å². The predicted molar refractivity (Wildman–Crippen MR) is 170 cm³/mol. The molecule has 0 aliphatic carbocycles. The van der Waals surface area contributed by atoms with Crippen molar-refractivity contribution in [3.05, 3.63) is 94.3 Å². The molecule has 0 spiro atoms. The molecule has 0 saturated carbocycles. The van der Waals surface area contributed by atoms with Crippen molar-refractivity contribution in [1.82, 2.24) is 20.1 Å². The molecule has 2 aromatic heterocycles. The number of ketones is 1. The quantitative estimate of drug-likeness (QED) is 0.172. The summed E-state index contributed by atoms with van der Waals surface area (Å²) in [5.41, 5.74) is 4.28. The largest absolute Gasteiger partial charge is 0.492 e. The van der Waals surface area contributed by atoms with E-state index in [0.29, 0.717) is 17.1 Å². The molecule has 1 atom stereocenters. The monoisotopic (exact) mass is 600 g/mol. The number of rotatable bonds is 7. The second-order valence-corrected chi connectivity index (χ2v) is 12.5. The lowest BCUT2D eigenvalue weighted by Gasteiger charge is -2.30. The minimum Gasteiger partial charge on any atom is -0.492 e. The highest BCUT2D eigenvalue weighted by Gasteiger charge is 2.32. The van der Waals surface area contributed by atoms with Crippen LogP contribution in [0.2, 0.25) is 5.02 Å². The van der Waals surface area contributed by atoms with Crippen LogP contribution in [0.5, 0.6) is 5.88 Å². The molecule has 9 nitrogen and oxygen atoms in total. The number of aromatic hydroxyl groups is 1. The Morgan fingerprint density at radius 1 is 1.05 bits per heavy atom. The first-order chi connectivity index (χ1) is 20.5. The Hall–Kier alpha value is -4.21. The lowest BCUT2D eigenvalue weighted by Crippen LogP contribution is -2.33. The first-order valence-corrected chi connectivity index (χ1v) is 14.8. The molecule has 224 valence electrons. The van der Waals surface area contributed by atoms with Gasteiger partial charge in [-0.15, -0.1) is 0 Å². The number of nitrogens with one attached hydrogen (secondary N) is 3. The van der Waals surface area contributed by atoms with Gasteiger partial charge in [0.1, 0.15) is 10.8 Å². The highest BCUT2D eigenvalue weighted by atomic mass is 35.5. The molecule has 1 fully saturated rings. The molecule has 2 amide bonds. The summed E-state index contributed by atoms with van der Waals surface area (Å²) < 4.78 is 1.73. The van der Waals surface area contributed by atoms with Crippen LogP contribution in [0, 0.1) is 12.8 Å². The molecule has 43 heavy (non-hydrogen) atoms. The zero-order valence-electron chi connectivity index (χ0n) is 24.8. The summed E-state index contributed by atoms with van der Waals surface area (Å²) in [6.07, 6.45) is 3.01. The summed E-state index contributed by atoms with van der Waals surface area (Å²) in [6, 6.07) is 18.3. The number of hydrogen-bond acceptors (Lipinski definition) is 6. The molecule has 1 unspecified atom stereocenters. The summed E-state index contributed by atoms with van der Waals surface area (Å²) >= 11 is 6.09. The predicted octanol–water partition coefficient (Wildman–Crippen LogP) is 6.84. The van der Waals surface area contributed by atoms with Gasteiger partial charge in [-0.25, -0.2) is 14.5 Å². The average molecular weight is 601 g/mol. The Balaban J connectivity index is 1.41. The van der Waals surface area contributed by atoms with Crippen molar-refractivity contribution in [2.45, 2.75) is 51.9 Å². The maximum Gasteiger partial charge on any atom is 0.324 e. The van der Waals surface area contributed by atoms with Crippen LogP contribution < -0.4 is 16.0 Å². The third kappa shape index (κ3) is 7.06. The summed E-state index contributed by atoms with van der Waals surface area (Å²) in [7, 11) is 0. The first kappa shape index (κ1) is 30.3. The number of carbonyl (C=O) groups is 2. The zero-order valence-corrected chi connectivity index (χ0v) is 25.6. The lowest BCUT2D eigenvalue weighted by molar-refractivity contribution is 0.0915. The fraction of sp³-hybridized carbons (Fsp3) is 0.333. The maximum atomic E-state index is 13.8. The van der Waals surface area contributed by atoms with E-state index < -0.39 is 11.9 Å². The van der Waals surface area contributed by atoms with Gasteiger partial charge in [-0.3, -0.25) is 10.1 Å². The number of amides is 2. The molecule has 1 aliphatic heterocycles. The first-order valence-electron chi connectivity index (χ1n) is 14.4. The van der Waals surface area contributed by atoms with Gasteiger partial charge in [0.15, 0.2) is 5.78 Å². The van der Waals surface area contributed by atoms with Gasteiger partial charge < -0.3 is 15.7 Å². The number of benzene rings is 2. The summed E-state index contributed by atoms with van der Waals surface area (Å²) in [5, 5.41) is 23.9. The summed E-state index contributed by atoms with van der Waals surface area (Å²) in [5.74, 6) is -0.273. The maximum absolute atomic E-state index is 13.8. The van der Waals surface area contributed by atoms with Gasteiger partial charge in [-0.2, -0.15) is 5.10 Å². The van der Waals surface area contributed by atoms with Crippen LogP contribution in [0.25, 0.3) is 5.69 Å². The summed E-state index contributed by atoms with van der Waals surface area (Å²) in [4.78, 5) is 31.0. The number of pyridine rings is 1.